The summed E-state index contributed by atoms with van der Waals surface area (Å²) in [5.41, 5.74) is 1.15. The summed E-state index contributed by atoms with van der Waals surface area (Å²) in [5, 5.41) is 5.85. The minimum absolute atomic E-state index is 0.0420. The lowest BCUT2D eigenvalue weighted by atomic mass is 10.0. The second-order valence-electron chi connectivity index (χ2n) is 9.46. The van der Waals surface area contributed by atoms with Gasteiger partial charge < -0.3 is 19.9 Å². The van der Waals surface area contributed by atoms with Crippen molar-refractivity contribution in [2.45, 2.75) is 45.1 Å². The van der Waals surface area contributed by atoms with Gasteiger partial charge in [0.25, 0.3) is 0 Å². The summed E-state index contributed by atoms with van der Waals surface area (Å²) in [7, 11) is 1.65. The number of carbonyl (C=O) groups excluding carboxylic acids is 3. The number of ether oxygens (including phenoxy) is 1. The molecule has 2 fully saturated rings. The summed E-state index contributed by atoms with van der Waals surface area (Å²) in [4.78, 5) is 42.9. The summed E-state index contributed by atoms with van der Waals surface area (Å²) in [5.74, 6) is -1.13. The number of urea groups is 1. The second-order valence-corrected chi connectivity index (χ2v) is 9.46. The SMILES string of the molecule is CCC[C@H]1C(=O)N(CCOCc2ccccc2F)C[C@H]2N1C(=O)CN(C)N2C(=O)NCc1ccc(F)cc1. The smallest absolute Gasteiger partial charge is 0.334 e. The molecule has 0 unspecified atom stereocenters. The molecule has 4 amide bonds. The Balaban J connectivity index is 1.46. The van der Waals surface area contributed by atoms with E-state index in [0.29, 0.717) is 18.4 Å². The molecule has 2 aromatic carbocycles. The molecule has 0 bridgehead atoms. The number of hydrogen-bond acceptors (Lipinski definition) is 5. The molecule has 1 N–H and O–H groups in total. The summed E-state index contributed by atoms with van der Waals surface area (Å²) < 4.78 is 32.8. The molecule has 0 radical (unpaired) electrons. The van der Waals surface area contributed by atoms with Crippen LogP contribution in [0.25, 0.3) is 0 Å². The number of likely N-dealkylation sites (N-methyl/N-ethyl adjacent to an activating group) is 1. The average molecular weight is 530 g/mol. The van der Waals surface area contributed by atoms with Gasteiger partial charge in [-0.3, -0.25) is 9.59 Å². The molecule has 0 saturated carbocycles. The van der Waals surface area contributed by atoms with E-state index in [1.807, 2.05) is 6.92 Å². The molecule has 0 aromatic heterocycles. The Bertz CT molecular complexity index is 1150. The molecule has 2 atom stereocenters. The predicted octanol–water partition coefficient (Wildman–Crippen LogP) is 2.72. The van der Waals surface area contributed by atoms with Crippen molar-refractivity contribution >= 4 is 17.8 Å². The van der Waals surface area contributed by atoms with Gasteiger partial charge >= 0.3 is 6.03 Å². The lowest BCUT2D eigenvalue weighted by Gasteiger charge is -2.54. The molecular weight excluding hydrogens is 496 g/mol. The number of nitrogens with one attached hydrogen (secondary N) is 1. The van der Waals surface area contributed by atoms with Crippen LogP contribution in [0.3, 0.4) is 0 Å². The van der Waals surface area contributed by atoms with Crippen molar-refractivity contribution in [2.75, 3.05) is 33.3 Å². The van der Waals surface area contributed by atoms with Gasteiger partial charge in [-0.1, -0.05) is 43.7 Å². The van der Waals surface area contributed by atoms with Crippen LogP contribution in [0.2, 0.25) is 0 Å². The zero-order valence-electron chi connectivity index (χ0n) is 21.6. The van der Waals surface area contributed by atoms with E-state index < -0.39 is 18.2 Å². The molecular formula is C27H33F2N5O4. The first-order chi connectivity index (χ1) is 18.3. The minimum atomic E-state index is -0.699. The zero-order valence-corrected chi connectivity index (χ0v) is 21.6. The highest BCUT2D eigenvalue weighted by atomic mass is 19.1. The Morgan fingerprint density at radius 1 is 1.11 bits per heavy atom. The highest BCUT2D eigenvalue weighted by molar-refractivity contribution is 5.91. The van der Waals surface area contributed by atoms with Crippen molar-refractivity contribution in [1.29, 1.82) is 0 Å². The fourth-order valence-electron chi connectivity index (χ4n) is 4.89. The first-order valence-corrected chi connectivity index (χ1v) is 12.7. The Hall–Kier alpha value is -3.57. The van der Waals surface area contributed by atoms with Crippen LogP contribution in [0, 0.1) is 11.6 Å². The van der Waals surface area contributed by atoms with Crippen LogP contribution in [0.5, 0.6) is 0 Å². The maximum absolute atomic E-state index is 13.9. The Morgan fingerprint density at radius 3 is 2.55 bits per heavy atom. The Labute approximate surface area is 220 Å². The molecule has 0 aliphatic carbocycles. The third-order valence-corrected chi connectivity index (χ3v) is 6.79. The van der Waals surface area contributed by atoms with Crippen LogP contribution in [0.15, 0.2) is 48.5 Å². The van der Waals surface area contributed by atoms with Crippen LogP contribution >= 0.6 is 0 Å². The van der Waals surface area contributed by atoms with Crippen LogP contribution < -0.4 is 5.32 Å². The van der Waals surface area contributed by atoms with Crippen molar-refractivity contribution < 1.29 is 27.9 Å². The second kappa shape index (κ2) is 12.3. The normalized spacial score (nSPS) is 20.1. The lowest BCUT2D eigenvalue weighted by Crippen LogP contribution is -2.76. The fourth-order valence-corrected chi connectivity index (χ4v) is 4.89. The monoisotopic (exact) mass is 529 g/mol. The van der Waals surface area contributed by atoms with Gasteiger partial charge in [-0.2, -0.15) is 0 Å². The van der Waals surface area contributed by atoms with Gasteiger partial charge in [0.05, 0.1) is 26.3 Å². The molecule has 2 aromatic rings. The molecule has 11 heteroatoms. The first-order valence-electron chi connectivity index (χ1n) is 12.7. The van der Waals surface area contributed by atoms with E-state index in [1.165, 1.54) is 28.1 Å². The highest BCUT2D eigenvalue weighted by Crippen LogP contribution is 2.28. The number of nitrogens with zero attached hydrogens (tertiary/aromatic N) is 4. The third kappa shape index (κ3) is 6.11. The number of hydrogen-bond donors (Lipinski definition) is 1. The fraction of sp³-hybridized carbons (Fsp3) is 0.444. The van der Waals surface area contributed by atoms with Gasteiger partial charge in [0.2, 0.25) is 11.8 Å². The number of halogens is 2. The number of piperazine rings is 1. The van der Waals surface area contributed by atoms with Crippen LogP contribution in [0.1, 0.15) is 30.9 Å². The molecule has 0 spiro atoms. The average Bonchev–Trinajstić information content (AvgIpc) is 2.89. The van der Waals surface area contributed by atoms with Crippen LogP contribution in [-0.2, 0) is 27.5 Å². The molecule has 2 heterocycles. The standard InChI is InChI=1S/C27H33F2N5O4/c1-3-6-23-26(36)32(13-14-38-18-20-7-4-5-8-22(20)29)16-24-33(23)25(35)17-31(2)34(24)27(37)30-15-19-9-11-21(28)12-10-19/h4-5,7-12,23-24H,3,6,13-18H2,1-2H3,(H,30,37)/t23-,24-/m0/s1. The van der Waals surface area contributed by atoms with Gasteiger partial charge in [-0.05, 0) is 30.2 Å². The van der Waals surface area contributed by atoms with E-state index in [1.54, 1.807) is 47.3 Å². The summed E-state index contributed by atoms with van der Waals surface area (Å²) in [6.45, 7) is 2.66. The summed E-state index contributed by atoms with van der Waals surface area (Å²) >= 11 is 0. The molecule has 2 aliphatic rings. The van der Waals surface area contributed by atoms with E-state index in [0.717, 1.165) is 5.56 Å². The third-order valence-electron chi connectivity index (χ3n) is 6.79. The van der Waals surface area contributed by atoms with E-state index in [2.05, 4.69) is 5.32 Å². The van der Waals surface area contributed by atoms with Gasteiger partial charge in [0.1, 0.15) is 23.8 Å². The van der Waals surface area contributed by atoms with Crippen molar-refractivity contribution in [3.05, 3.63) is 71.3 Å². The molecule has 38 heavy (non-hydrogen) atoms. The van der Waals surface area contributed by atoms with Gasteiger partial charge in [0, 0.05) is 25.7 Å². The van der Waals surface area contributed by atoms with E-state index >= 15 is 0 Å². The topological polar surface area (TPSA) is 85.4 Å². The van der Waals surface area contributed by atoms with E-state index in [4.69, 9.17) is 4.74 Å². The van der Waals surface area contributed by atoms with E-state index in [9.17, 15) is 23.2 Å². The summed E-state index contributed by atoms with van der Waals surface area (Å²) in [6, 6.07) is 11.0. The number of hydrazine groups is 1. The van der Waals surface area contributed by atoms with Crippen molar-refractivity contribution in [2.24, 2.45) is 0 Å². The molecule has 9 nitrogen and oxygen atoms in total. The molecule has 204 valence electrons. The van der Waals surface area contributed by atoms with Gasteiger partial charge in [-0.25, -0.2) is 23.6 Å². The Morgan fingerprint density at radius 2 is 1.84 bits per heavy atom. The van der Waals surface area contributed by atoms with Crippen molar-refractivity contribution in [1.82, 2.24) is 25.1 Å². The predicted molar refractivity (Wildman–Crippen MR) is 135 cm³/mol. The van der Waals surface area contributed by atoms with Crippen LogP contribution in [0.4, 0.5) is 13.6 Å². The maximum atomic E-state index is 13.9. The Kier molecular flexibility index (Phi) is 8.90. The highest BCUT2D eigenvalue weighted by Gasteiger charge is 2.50. The largest absolute Gasteiger partial charge is 0.375 e. The number of fused-ring (bicyclic) bond motifs is 1. The zero-order chi connectivity index (χ0) is 27.2. The van der Waals surface area contributed by atoms with Crippen LogP contribution in [-0.4, -0.2) is 83.2 Å². The molecule has 2 aliphatic heterocycles. The number of benzene rings is 2. The quantitative estimate of drug-likeness (QED) is 0.505. The molecule has 4 rings (SSSR count). The lowest BCUT2D eigenvalue weighted by molar-refractivity contribution is -0.188. The van der Waals surface area contributed by atoms with Crippen molar-refractivity contribution in [3.63, 3.8) is 0 Å². The minimum Gasteiger partial charge on any atom is -0.375 e. The molecule has 2 saturated heterocycles. The number of carbonyl (C=O) groups is 3. The summed E-state index contributed by atoms with van der Waals surface area (Å²) in [6.07, 6.45) is 0.440. The maximum Gasteiger partial charge on any atom is 0.334 e. The van der Waals surface area contributed by atoms with Gasteiger partial charge in [-0.15, -0.1) is 0 Å². The van der Waals surface area contributed by atoms with Crippen molar-refractivity contribution in [3.8, 4) is 0 Å². The number of rotatable bonds is 9. The van der Waals surface area contributed by atoms with Gasteiger partial charge in [0.15, 0.2) is 0 Å². The first kappa shape index (κ1) is 27.5. The van der Waals surface area contributed by atoms with E-state index in [-0.39, 0.29) is 62.8 Å². The number of amides is 4.